The van der Waals surface area contributed by atoms with E-state index in [2.05, 4.69) is 11.1 Å². The maximum absolute atomic E-state index is 14.2. The standard InChI is InChI=1S/C29H39N3O7/c1-37-13-3-4-21-16-22(18-25(17-21)39-15-14-38-2)19-32(24-5-6-24)27(33)26-20-31(28(34)35)12-9-29(26,36)23-7-10-30-11-8-23/h7-8,10-11,16-18,24,26,36H,3-6,9,12-15,19-20H2,1-2H3,(H,34,35)/t26-,29+/m1/s1. The molecule has 10 nitrogen and oxygen atoms in total. The van der Waals surface area contributed by atoms with E-state index in [4.69, 9.17) is 14.2 Å². The zero-order valence-electron chi connectivity index (χ0n) is 22.8. The van der Waals surface area contributed by atoms with Gasteiger partial charge in [0.15, 0.2) is 0 Å². The second kappa shape index (κ2) is 13.2. The van der Waals surface area contributed by atoms with Crippen LogP contribution in [0, 0.1) is 5.92 Å². The van der Waals surface area contributed by atoms with Crippen LogP contribution in [-0.4, -0.2) is 90.2 Å². The summed E-state index contributed by atoms with van der Waals surface area (Å²) < 4.78 is 16.3. The molecule has 1 aliphatic carbocycles. The lowest BCUT2D eigenvalue weighted by Gasteiger charge is -2.44. The van der Waals surface area contributed by atoms with Crippen LogP contribution in [0.3, 0.4) is 0 Å². The van der Waals surface area contributed by atoms with Crippen molar-refractivity contribution in [2.24, 2.45) is 5.92 Å². The van der Waals surface area contributed by atoms with E-state index >= 15 is 0 Å². The third-order valence-electron chi connectivity index (χ3n) is 7.51. The van der Waals surface area contributed by atoms with Crippen LogP contribution in [0.15, 0.2) is 42.7 Å². The molecule has 2 aliphatic rings. The van der Waals surface area contributed by atoms with Crippen LogP contribution in [0.4, 0.5) is 4.79 Å². The Morgan fingerprint density at radius 3 is 2.46 bits per heavy atom. The van der Waals surface area contributed by atoms with Gasteiger partial charge in [-0.25, -0.2) is 4.79 Å². The number of methoxy groups -OCH3 is 2. The third-order valence-corrected chi connectivity index (χ3v) is 7.51. The second-order valence-electron chi connectivity index (χ2n) is 10.3. The lowest BCUT2D eigenvalue weighted by atomic mass is 9.75. The molecule has 4 rings (SSSR count). The van der Waals surface area contributed by atoms with Crippen LogP contribution in [0.5, 0.6) is 5.75 Å². The van der Waals surface area contributed by atoms with Crippen LogP contribution in [0.1, 0.15) is 42.4 Å². The Balaban J connectivity index is 1.62. The van der Waals surface area contributed by atoms with Gasteiger partial charge in [-0.3, -0.25) is 9.78 Å². The summed E-state index contributed by atoms with van der Waals surface area (Å²) in [5, 5.41) is 21.6. The number of carbonyl (C=O) groups excluding carboxylic acids is 1. The molecule has 39 heavy (non-hydrogen) atoms. The number of aryl methyl sites for hydroxylation is 1. The lowest BCUT2D eigenvalue weighted by Crippen LogP contribution is -2.57. The number of ether oxygens (including phenoxy) is 3. The number of carbonyl (C=O) groups is 2. The number of aromatic nitrogens is 1. The Morgan fingerprint density at radius 1 is 1.08 bits per heavy atom. The SMILES string of the molecule is COCCCc1cc(CN(C(=O)[C@H]2CN(C(=O)O)CC[C@]2(O)c2ccncc2)C2CC2)cc(OCCOC)c1. The number of hydrogen-bond donors (Lipinski definition) is 2. The van der Waals surface area contributed by atoms with Crippen molar-refractivity contribution in [3.05, 3.63) is 59.4 Å². The van der Waals surface area contributed by atoms with E-state index in [1.54, 1.807) is 38.7 Å². The summed E-state index contributed by atoms with van der Waals surface area (Å²) in [6.07, 6.45) is 5.61. The lowest BCUT2D eigenvalue weighted by molar-refractivity contribution is -0.154. The largest absolute Gasteiger partial charge is 0.491 e. The molecule has 0 radical (unpaired) electrons. The normalized spacial score (nSPS) is 21.0. The van der Waals surface area contributed by atoms with Crippen molar-refractivity contribution in [3.63, 3.8) is 0 Å². The number of aliphatic hydroxyl groups is 1. The molecule has 212 valence electrons. The van der Waals surface area contributed by atoms with Gasteiger partial charge in [-0.15, -0.1) is 0 Å². The summed E-state index contributed by atoms with van der Waals surface area (Å²) in [5.74, 6) is -0.467. The Labute approximate surface area is 229 Å². The van der Waals surface area contributed by atoms with Gasteiger partial charge in [0.05, 0.1) is 12.5 Å². The van der Waals surface area contributed by atoms with E-state index in [1.807, 2.05) is 17.0 Å². The number of likely N-dealkylation sites (tertiary alicyclic amines) is 1. The quantitative estimate of drug-likeness (QED) is 0.371. The number of hydrogen-bond acceptors (Lipinski definition) is 7. The number of piperidine rings is 1. The van der Waals surface area contributed by atoms with Gasteiger partial charge in [0.1, 0.15) is 18.0 Å². The molecule has 1 saturated carbocycles. The fourth-order valence-electron chi connectivity index (χ4n) is 5.27. The highest BCUT2D eigenvalue weighted by atomic mass is 16.5. The number of amides is 2. The predicted octanol–water partition coefficient (Wildman–Crippen LogP) is 3.06. The molecule has 1 saturated heterocycles. The first-order valence-corrected chi connectivity index (χ1v) is 13.5. The van der Waals surface area contributed by atoms with Gasteiger partial charge in [0.25, 0.3) is 0 Å². The van der Waals surface area contributed by atoms with Gasteiger partial charge < -0.3 is 34.2 Å². The summed E-state index contributed by atoms with van der Waals surface area (Å²) >= 11 is 0. The number of rotatable bonds is 13. The van der Waals surface area contributed by atoms with E-state index in [0.29, 0.717) is 37.7 Å². The molecule has 1 aromatic carbocycles. The molecule has 0 bridgehead atoms. The first kappa shape index (κ1) is 28.8. The molecule has 2 N–H and O–H groups in total. The van der Waals surface area contributed by atoms with Gasteiger partial charge in [-0.05, 0) is 73.1 Å². The summed E-state index contributed by atoms with van der Waals surface area (Å²) in [4.78, 5) is 33.1. The summed E-state index contributed by atoms with van der Waals surface area (Å²) in [5.41, 5.74) is 1.10. The summed E-state index contributed by atoms with van der Waals surface area (Å²) in [6.45, 7) is 1.94. The monoisotopic (exact) mass is 541 g/mol. The molecule has 10 heteroatoms. The van der Waals surface area contributed by atoms with Crippen molar-refractivity contribution in [2.45, 2.75) is 50.3 Å². The smallest absolute Gasteiger partial charge is 0.407 e. The Hall–Kier alpha value is -3.21. The summed E-state index contributed by atoms with van der Waals surface area (Å²) in [6, 6.07) is 9.48. The number of benzene rings is 1. The fourth-order valence-corrected chi connectivity index (χ4v) is 5.27. The number of pyridine rings is 1. The van der Waals surface area contributed by atoms with Gasteiger partial charge in [-0.2, -0.15) is 0 Å². The van der Waals surface area contributed by atoms with Gasteiger partial charge >= 0.3 is 6.09 Å². The van der Waals surface area contributed by atoms with E-state index in [-0.39, 0.29) is 31.5 Å². The molecule has 2 amide bonds. The minimum atomic E-state index is -1.49. The van der Waals surface area contributed by atoms with Crippen molar-refractivity contribution in [2.75, 3.05) is 47.1 Å². The van der Waals surface area contributed by atoms with Crippen LogP contribution < -0.4 is 4.74 Å². The van der Waals surface area contributed by atoms with Crippen LogP contribution in [0.25, 0.3) is 0 Å². The minimum Gasteiger partial charge on any atom is -0.491 e. The molecular formula is C29H39N3O7. The molecule has 2 atom stereocenters. The first-order chi connectivity index (χ1) is 18.9. The molecule has 0 unspecified atom stereocenters. The van der Waals surface area contributed by atoms with Gasteiger partial charge in [0.2, 0.25) is 5.91 Å². The highest BCUT2D eigenvalue weighted by molar-refractivity contribution is 5.82. The van der Waals surface area contributed by atoms with E-state index in [9.17, 15) is 19.8 Å². The van der Waals surface area contributed by atoms with Gasteiger partial charge in [0, 0.05) is 58.9 Å². The maximum atomic E-state index is 14.2. The highest BCUT2D eigenvalue weighted by Gasteiger charge is 2.50. The number of carboxylic acid groups (broad SMARTS) is 1. The zero-order valence-corrected chi connectivity index (χ0v) is 22.8. The topological polar surface area (TPSA) is 122 Å². The molecule has 2 fully saturated rings. The Bertz CT molecular complexity index is 1080. The van der Waals surface area contributed by atoms with Crippen molar-refractivity contribution < 1.29 is 34.0 Å². The summed E-state index contributed by atoms with van der Waals surface area (Å²) in [7, 11) is 3.30. The molecule has 2 aromatic rings. The molecule has 0 spiro atoms. The third kappa shape index (κ3) is 7.26. The highest BCUT2D eigenvalue weighted by Crippen LogP contribution is 2.41. The van der Waals surface area contributed by atoms with E-state index in [0.717, 1.165) is 36.8 Å². The average Bonchev–Trinajstić information content (AvgIpc) is 3.78. The molecule has 2 heterocycles. The fraction of sp³-hybridized carbons (Fsp3) is 0.552. The van der Waals surface area contributed by atoms with Crippen molar-refractivity contribution >= 4 is 12.0 Å². The zero-order chi connectivity index (χ0) is 27.8. The van der Waals surface area contributed by atoms with Gasteiger partial charge in [-0.1, -0.05) is 6.07 Å². The molecule has 1 aromatic heterocycles. The van der Waals surface area contributed by atoms with Crippen LogP contribution in [0.2, 0.25) is 0 Å². The van der Waals surface area contributed by atoms with Crippen molar-refractivity contribution in [3.8, 4) is 5.75 Å². The molecule has 1 aliphatic heterocycles. The van der Waals surface area contributed by atoms with Crippen molar-refractivity contribution in [1.29, 1.82) is 0 Å². The van der Waals surface area contributed by atoms with E-state index < -0.39 is 17.6 Å². The maximum Gasteiger partial charge on any atom is 0.407 e. The molecular weight excluding hydrogens is 502 g/mol. The van der Waals surface area contributed by atoms with E-state index in [1.165, 1.54) is 4.90 Å². The Morgan fingerprint density at radius 2 is 1.79 bits per heavy atom. The van der Waals surface area contributed by atoms with Crippen LogP contribution >= 0.6 is 0 Å². The number of nitrogens with zero attached hydrogens (tertiary/aromatic N) is 3. The van der Waals surface area contributed by atoms with Crippen LogP contribution in [-0.2, 0) is 32.8 Å². The van der Waals surface area contributed by atoms with Crippen molar-refractivity contribution in [1.82, 2.24) is 14.8 Å². The average molecular weight is 542 g/mol. The second-order valence-corrected chi connectivity index (χ2v) is 10.3. The minimum absolute atomic E-state index is 0.0504. The first-order valence-electron chi connectivity index (χ1n) is 13.5. The predicted molar refractivity (Wildman–Crippen MR) is 143 cm³/mol. The Kier molecular flexibility index (Phi) is 9.77.